The zero-order valence-corrected chi connectivity index (χ0v) is 12.3. The van der Waals surface area contributed by atoms with Crippen LogP contribution in [0.4, 0.5) is 10.5 Å². The van der Waals surface area contributed by atoms with Crippen LogP contribution in [0.1, 0.15) is 18.1 Å². The predicted molar refractivity (Wildman–Crippen MR) is 87.6 cm³/mol. The number of nitrogens with one attached hydrogen (secondary N) is 2. The summed E-state index contributed by atoms with van der Waals surface area (Å²) in [7, 11) is 0. The van der Waals surface area contributed by atoms with E-state index in [-0.39, 0.29) is 18.7 Å². The van der Waals surface area contributed by atoms with Crippen LogP contribution in [0.25, 0.3) is 0 Å². The van der Waals surface area contributed by atoms with Crippen LogP contribution in [0.15, 0.2) is 54.6 Å². The smallest absolute Gasteiger partial charge is 0.319 e. The van der Waals surface area contributed by atoms with Crippen LogP contribution < -0.4 is 10.6 Å². The van der Waals surface area contributed by atoms with Crippen LogP contribution in [0.3, 0.4) is 0 Å². The maximum atomic E-state index is 11.8. The summed E-state index contributed by atoms with van der Waals surface area (Å²) >= 11 is 0. The summed E-state index contributed by atoms with van der Waals surface area (Å²) in [6.45, 7) is 1.61. The van der Waals surface area contributed by atoms with Gasteiger partial charge in [-0.1, -0.05) is 42.2 Å². The van der Waals surface area contributed by atoms with Gasteiger partial charge in [-0.05, 0) is 31.2 Å². The van der Waals surface area contributed by atoms with Crippen LogP contribution in [-0.4, -0.2) is 23.8 Å². The van der Waals surface area contributed by atoms with Crippen molar-refractivity contribution in [2.75, 3.05) is 11.9 Å². The third kappa shape index (κ3) is 4.65. The van der Waals surface area contributed by atoms with E-state index in [1.807, 2.05) is 48.5 Å². The lowest BCUT2D eigenvalue weighted by atomic mass is 10.1. The summed E-state index contributed by atoms with van der Waals surface area (Å²) in [4.78, 5) is 11.8. The monoisotopic (exact) mass is 294 g/mol. The van der Waals surface area contributed by atoms with Gasteiger partial charge in [-0.25, -0.2) is 4.79 Å². The van der Waals surface area contributed by atoms with Crippen LogP contribution in [0, 0.1) is 11.8 Å². The summed E-state index contributed by atoms with van der Waals surface area (Å²) in [6, 6.07) is 16.3. The van der Waals surface area contributed by atoms with Gasteiger partial charge in [0.2, 0.25) is 0 Å². The Kier molecular flexibility index (Phi) is 5.58. The lowest BCUT2D eigenvalue weighted by Gasteiger charge is -2.12. The van der Waals surface area contributed by atoms with Crippen LogP contribution in [0.5, 0.6) is 0 Å². The summed E-state index contributed by atoms with van der Waals surface area (Å²) in [5, 5.41) is 14.3. The fraction of sp³-hybridized carbons (Fsp3) is 0.167. The molecular formula is C18H18N2O2. The molecule has 0 aliphatic carbocycles. The largest absolute Gasteiger partial charge is 0.394 e. The molecule has 0 aliphatic rings. The lowest BCUT2D eigenvalue weighted by Crippen LogP contribution is -2.38. The normalized spacial score (nSPS) is 11.0. The van der Waals surface area contributed by atoms with Crippen molar-refractivity contribution >= 4 is 11.7 Å². The quantitative estimate of drug-likeness (QED) is 0.762. The van der Waals surface area contributed by atoms with Gasteiger partial charge in [0.1, 0.15) is 0 Å². The van der Waals surface area contributed by atoms with Crippen molar-refractivity contribution in [3.05, 3.63) is 65.7 Å². The van der Waals surface area contributed by atoms with E-state index in [1.54, 1.807) is 13.0 Å². The van der Waals surface area contributed by atoms with E-state index < -0.39 is 0 Å². The molecule has 1 unspecified atom stereocenters. The maximum Gasteiger partial charge on any atom is 0.319 e. The van der Waals surface area contributed by atoms with Gasteiger partial charge in [-0.3, -0.25) is 0 Å². The number of hydrogen-bond donors (Lipinski definition) is 3. The number of aliphatic hydroxyl groups is 1. The van der Waals surface area contributed by atoms with Gasteiger partial charge >= 0.3 is 6.03 Å². The molecule has 2 rings (SSSR count). The maximum absolute atomic E-state index is 11.8. The first-order valence-electron chi connectivity index (χ1n) is 7.03. The molecule has 0 aliphatic heterocycles. The Balaban J connectivity index is 2.14. The minimum atomic E-state index is -0.365. The number of carbonyl (C=O) groups is 1. The zero-order valence-electron chi connectivity index (χ0n) is 12.3. The van der Waals surface area contributed by atoms with Crippen molar-refractivity contribution in [3.8, 4) is 11.8 Å². The number of anilines is 1. The summed E-state index contributed by atoms with van der Waals surface area (Å²) in [5.74, 6) is 6.13. The van der Waals surface area contributed by atoms with Crippen molar-refractivity contribution in [3.63, 3.8) is 0 Å². The Morgan fingerprint density at radius 1 is 1.09 bits per heavy atom. The molecule has 0 aromatic heterocycles. The van der Waals surface area contributed by atoms with E-state index in [1.165, 1.54) is 0 Å². The highest BCUT2D eigenvalue weighted by atomic mass is 16.3. The average molecular weight is 294 g/mol. The third-order valence-corrected chi connectivity index (χ3v) is 2.94. The molecule has 0 heterocycles. The SMILES string of the molecule is CC(CO)NC(=O)Nc1ccccc1C#Cc1ccccc1. The fourth-order valence-electron chi connectivity index (χ4n) is 1.79. The molecule has 2 aromatic rings. The number of hydrogen-bond acceptors (Lipinski definition) is 2. The van der Waals surface area contributed by atoms with Gasteiger partial charge in [0.25, 0.3) is 0 Å². The van der Waals surface area contributed by atoms with Crippen LogP contribution in [-0.2, 0) is 0 Å². The Morgan fingerprint density at radius 3 is 2.50 bits per heavy atom. The van der Waals surface area contributed by atoms with Crippen molar-refractivity contribution < 1.29 is 9.90 Å². The number of aliphatic hydroxyl groups excluding tert-OH is 1. The van der Waals surface area contributed by atoms with Crippen LogP contribution in [0.2, 0.25) is 0 Å². The average Bonchev–Trinajstić information content (AvgIpc) is 2.54. The standard InChI is InChI=1S/C18H18N2O2/c1-14(13-21)19-18(22)20-17-10-6-5-9-16(17)12-11-15-7-3-2-4-8-15/h2-10,14,21H,13H2,1H3,(H2,19,20,22). The topological polar surface area (TPSA) is 61.4 Å². The molecule has 2 aromatic carbocycles. The van der Waals surface area contributed by atoms with Crippen molar-refractivity contribution in [2.45, 2.75) is 13.0 Å². The summed E-state index contributed by atoms with van der Waals surface area (Å²) < 4.78 is 0. The van der Waals surface area contributed by atoms with Gasteiger partial charge in [0, 0.05) is 11.1 Å². The molecule has 0 fully saturated rings. The molecule has 3 N–H and O–H groups in total. The number of urea groups is 1. The van der Waals surface area contributed by atoms with E-state index >= 15 is 0 Å². The highest BCUT2D eigenvalue weighted by Crippen LogP contribution is 2.13. The third-order valence-electron chi connectivity index (χ3n) is 2.94. The van der Waals surface area contributed by atoms with Gasteiger partial charge in [0.15, 0.2) is 0 Å². The Labute approximate surface area is 130 Å². The molecule has 0 saturated carbocycles. The molecule has 112 valence electrons. The lowest BCUT2D eigenvalue weighted by molar-refractivity contribution is 0.229. The van der Waals surface area contributed by atoms with Gasteiger partial charge in [-0.15, -0.1) is 0 Å². The van der Waals surface area contributed by atoms with E-state index in [0.717, 1.165) is 11.1 Å². The van der Waals surface area contributed by atoms with Gasteiger partial charge < -0.3 is 15.7 Å². The first-order valence-corrected chi connectivity index (χ1v) is 7.03. The number of carbonyl (C=O) groups excluding carboxylic acids is 1. The highest BCUT2D eigenvalue weighted by Gasteiger charge is 2.07. The molecule has 0 radical (unpaired) electrons. The minimum Gasteiger partial charge on any atom is -0.394 e. The number of benzene rings is 2. The number of amides is 2. The Morgan fingerprint density at radius 2 is 1.77 bits per heavy atom. The predicted octanol–water partition coefficient (Wildman–Crippen LogP) is 2.59. The first kappa shape index (κ1) is 15.6. The molecule has 0 spiro atoms. The zero-order chi connectivity index (χ0) is 15.8. The van der Waals surface area contributed by atoms with Gasteiger partial charge in [0.05, 0.1) is 18.3 Å². The second kappa shape index (κ2) is 7.87. The second-order valence-electron chi connectivity index (χ2n) is 4.84. The van der Waals surface area contributed by atoms with E-state index in [9.17, 15) is 4.79 Å². The molecule has 1 atom stereocenters. The van der Waals surface area contributed by atoms with Crippen molar-refractivity contribution in [2.24, 2.45) is 0 Å². The minimum absolute atomic E-state index is 0.108. The van der Waals surface area contributed by atoms with Crippen molar-refractivity contribution in [1.82, 2.24) is 5.32 Å². The molecule has 2 amide bonds. The number of rotatable bonds is 3. The fourth-order valence-corrected chi connectivity index (χ4v) is 1.79. The molecule has 4 nitrogen and oxygen atoms in total. The number of para-hydroxylation sites is 1. The molecule has 0 bridgehead atoms. The van der Waals surface area contributed by atoms with E-state index in [4.69, 9.17) is 5.11 Å². The van der Waals surface area contributed by atoms with E-state index in [2.05, 4.69) is 22.5 Å². The Hall–Kier alpha value is -2.77. The summed E-state index contributed by atoms with van der Waals surface area (Å²) in [6.07, 6.45) is 0. The van der Waals surface area contributed by atoms with E-state index in [0.29, 0.717) is 5.69 Å². The molecular weight excluding hydrogens is 276 g/mol. The molecule has 4 heteroatoms. The molecule has 0 saturated heterocycles. The highest BCUT2D eigenvalue weighted by molar-refractivity contribution is 5.91. The first-order chi connectivity index (χ1) is 10.7. The van der Waals surface area contributed by atoms with Crippen molar-refractivity contribution in [1.29, 1.82) is 0 Å². The summed E-state index contributed by atoms with van der Waals surface area (Å²) in [5.41, 5.74) is 2.28. The molecule has 22 heavy (non-hydrogen) atoms. The van der Waals surface area contributed by atoms with Crippen LogP contribution >= 0.6 is 0 Å². The van der Waals surface area contributed by atoms with Gasteiger partial charge in [-0.2, -0.15) is 0 Å². The second-order valence-corrected chi connectivity index (χ2v) is 4.84. The Bertz CT molecular complexity index is 687.